The maximum Gasteiger partial charge on any atom is 0.237 e. The number of hydrazone groups is 1. The second-order valence-electron chi connectivity index (χ2n) is 2.93. The summed E-state index contributed by atoms with van der Waals surface area (Å²) in [6, 6.07) is 3.84. The zero-order valence-electron chi connectivity index (χ0n) is 7.88. The molecule has 0 saturated heterocycles. The molecule has 0 aliphatic carbocycles. The van der Waals surface area contributed by atoms with Crippen molar-refractivity contribution in [1.82, 2.24) is 9.97 Å². The standard InChI is InChI=1S/C9H10N6/c10-9(15-11)13-4-7-3-6-1-2-12-5-8(6)14-7/h1-5,14H,11H2,(H2,10,15). The average molecular weight is 202 g/mol. The van der Waals surface area contributed by atoms with Crippen molar-refractivity contribution in [3.63, 3.8) is 0 Å². The van der Waals surface area contributed by atoms with Crippen molar-refractivity contribution < 1.29 is 0 Å². The highest BCUT2D eigenvalue weighted by Gasteiger charge is 1.97. The van der Waals surface area contributed by atoms with E-state index in [1.807, 2.05) is 12.1 Å². The minimum atomic E-state index is 0.0341. The second kappa shape index (κ2) is 3.79. The van der Waals surface area contributed by atoms with E-state index in [4.69, 9.17) is 11.6 Å². The lowest BCUT2D eigenvalue weighted by molar-refractivity contribution is 1.21. The normalized spacial score (nSPS) is 12.7. The van der Waals surface area contributed by atoms with Crippen LogP contribution in [0, 0.1) is 0 Å². The van der Waals surface area contributed by atoms with Gasteiger partial charge in [0.2, 0.25) is 5.96 Å². The van der Waals surface area contributed by atoms with Gasteiger partial charge in [-0.05, 0) is 12.1 Å². The van der Waals surface area contributed by atoms with Crippen LogP contribution in [0.1, 0.15) is 5.69 Å². The van der Waals surface area contributed by atoms with Crippen LogP contribution in [-0.4, -0.2) is 22.1 Å². The molecule has 0 aromatic carbocycles. The predicted octanol–water partition coefficient (Wildman–Crippen LogP) is 0.170. The van der Waals surface area contributed by atoms with Crippen LogP contribution in [0.5, 0.6) is 0 Å². The number of H-pyrrole nitrogens is 1. The number of aliphatic imine (C=N–C) groups is 1. The van der Waals surface area contributed by atoms with Crippen LogP contribution < -0.4 is 11.6 Å². The number of nitrogens with two attached hydrogens (primary N) is 2. The van der Waals surface area contributed by atoms with E-state index < -0.39 is 0 Å². The number of guanidine groups is 1. The van der Waals surface area contributed by atoms with Gasteiger partial charge in [-0.3, -0.25) is 4.98 Å². The first-order chi connectivity index (χ1) is 7.29. The van der Waals surface area contributed by atoms with Gasteiger partial charge in [0.1, 0.15) is 0 Å². The molecule has 0 radical (unpaired) electrons. The molecule has 15 heavy (non-hydrogen) atoms. The van der Waals surface area contributed by atoms with E-state index in [0.29, 0.717) is 0 Å². The van der Waals surface area contributed by atoms with Gasteiger partial charge in [0.05, 0.1) is 23.6 Å². The Bertz CT molecular complexity index is 491. The van der Waals surface area contributed by atoms with Gasteiger partial charge in [-0.25, -0.2) is 4.99 Å². The summed E-state index contributed by atoms with van der Waals surface area (Å²) >= 11 is 0. The highest BCUT2D eigenvalue weighted by atomic mass is 15.2. The fraction of sp³-hybridized carbons (Fsp3) is 0. The summed E-state index contributed by atoms with van der Waals surface area (Å²) in [7, 11) is 0. The molecule has 0 aliphatic rings. The number of fused-ring (bicyclic) bond motifs is 1. The van der Waals surface area contributed by atoms with Crippen LogP contribution in [0.15, 0.2) is 34.6 Å². The van der Waals surface area contributed by atoms with Gasteiger partial charge < -0.3 is 16.6 Å². The van der Waals surface area contributed by atoms with E-state index in [9.17, 15) is 0 Å². The highest BCUT2D eigenvalue weighted by molar-refractivity contribution is 5.95. The number of hydrogen-bond acceptors (Lipinski definition) is 3. The maximum absolute atomic E-state index is 5.32. The Morgan fingerprint density at radius 3 is 3.13 bits per heavy atom. The fourth-order valence-corrected chi connectivity index (χ4v) is 1.23. The first-order valence-electron chi connectivity index (χ1n) is 4.30. The smallest absolute Gasteiger partial charge is 0.237 e. The molecule has 0 aliphatic heterocycles. The lowest BCUT2D eigenvalue weighted by Crippen LogP contribution is -2.10. The number of aromatic nitrogens is 2. The molecule has 0 atom stereocenters. The number of pyridine rings is 1. The maximum atomic E-state index is 5.32. The van der Waals surface area contributed by atoms with Crippen LogP contribution in [-0.2, 0) is 0 Å². The van der Waals surface area contributed by atoms with E-state index in [1.54, 1.807) is 18.6 Å². The molecule has 0 unspecified atom stereocenters. The summed E-state index contributed by atoms with van der Waals surface area (Å²) in [6.45, 7) is 0. The molecule has 0 saturated carbocycles. The van der Waals surface area contributed by atoms with Crippen molar-refractivity contribution in [1.29, 1.82) is 0 Å². The number of rotatable bonds is 1. The van der Waals surface area contributed by atoms with Crippen molar-refractivity contribution in [2.24, 2.45) is 21.7 Å². The first-order valence-corrected chi connectivity index (χ1v) is 4.30. The molecule has 76 valence electrons. The van der Waals surface area contributed by atoms with Crippen LogP contribution in [0.25, 0.3) is 10.9 Å². The van der Waals surface area contributed by atoms with Crippen LogP contribution in [0.2, 0.25) is 0 Å². The fourth-order valence-electron chi connectivity index (χ4n) is 1.23. The molecule has 5 N–H and O–H groups in total. The predicted molar refractivity (Wildman–Crippen MR) is 59.5 cm³/mol. The largest absolute Gasteiger partial charge is 0.367 e. The topological polar surface area (TPSA) is 105 Å². The Morgan fingerprint density at radius 1 is 1.53 bits per heavy atom. The Morgan fingerprint density at radius 2 is 2.40 bits per heavy atom. The van der Waals surface area contributed by atoms with E-state index in [2.05, 4.69) is 20.1 Å². The summed E-state index contributed by atoms with van der Waals surface area (Å²) in [5.41, 5.74) is 7.09. The monoisotopic (exact) mass is 202 g/mol. The van der Waals surface area contributed by atoms with Gasteiger partial charge in [0.15, 0.2) is 0 Å². The zero-order valence-corrected chi connectivity index (χ0v) is 7.88. The van der Waals surface area contributed by atoms with Crippen LogP contribution in [0.4, 0.5) is 0 Å². The number of aromatic amines is 1. The minimum Gasteiger partial charge on any atom is -0.367 e. The van der Waals surface area contributed by atoms with Crippen LogP contribution >= 0.6 is 0 Å². The molecule has 0 spiro atoms. The Labute approximate surface area is 85.7 Å². The molecule has 2 rings (SSSR count). The van der Waals surface area contributed by atoms with Crippen molar-refractivity contribution in [3.8, 4) is 0 Å². The minimum absolute atomic E-state index is 0.0341. The van der Waals surface area contributed by atoms with E-state index in [-0.39, 0.29) is 5.96 Å². The SMILES string of the molecule is NN=C(N)N=Cc1cc2ccncc2[nH]1. The van der Waals surface area contributed by atoms with Gasteiger partial charge in [-0.15, -0.1) is 5.10 Å². The van der Waals surface area contributed by atoms with Crippen molar-refractivity contribution in [3.05, 3.63) is 30.2 Å². The quantitative estimate of drug-likeness (QED) is 0.265. The summed E-state index contributed by atoms with van der Waals surface area (Å²) in [4.78, 5) is 10.9. The van der Waals surface area contributed by atoms with E-state index in [1.165, 1.54) is 0 Å². The van der Waals surface area contributed by atoms with Gasteiger partial charge in [0, 0.05) is 11.6 Å². The summed E-state index contributed by atoms with van der Waals surface area (Å²) in [5.74, 6) is 4.97. The Balaban J connectivity index is 2.33. The lowest BCUT2D eigenvalue weighted by Gasteiger charge is -1.86. The molecule has 2 heterocycles. The third-order valence-electron chi connectivity index (χ3n) is 1.91. The zero-order chi connectivity index (χ0) is 10.7. The second-order valence-corrected chi connectivity index (χ2v) is 2.93. The molecule has 2 aromatic heterocycles. The summed E-state index contributed by atoms with van der Waals surface area (Å²) in [5, 5.41) is 4.29. The van der Waals surface area contributed by atoms with Crippen molar-refractivity contribution in [2.45, 2.75) is 0 Å². The number of nitrogens with zero attached hydrogens (tertiary/aromatic N) is 3. The number of hydrogen-bond donors (Lipinski definition) is 3. The van der Waals surface area contributed by atoms with Gasteiger partial charge in [-0.1, -0.05) is 0 Å². The number of nitrogens with one attached hydrogen (secondary N) is 1. The molecule has 0 amide bonds. The molecule has 0 fully saturated rings. The van der Waals surface area contributed by atoms with E-state index in [0.717, 1.165) is 16.6 Å². The van der Waals surface area contributed by atoms with Gasteiger partial charge >= 0.3 is 0 Å². The molecule has 2 aromatic rings. The Hall–Kier alpha value is -2.37. The highest BCUT2D eigenvalue weighted by Crippen LogP contribution is 2.11. The van der Waals surface area contributed by atoms with Gasteiger partial charge in [-0.2, -0.15) is 0 Å². The molecule has 6 heteroatoms. The Kier molecular flexibility index (Phi) is 2.32. The molecular formula is C9H10N6. The first kappa shape index (κ1) is 9.20. The molecule has 0 bridgehead atoms. The van der Waals surface area contributed by atoms with E-state index >= 15 is 0 Å². The average Bonchev–Trinajstić information content (AvgIpc) is 2.68. The summed E-state index contributed by atoms with van der Waals surface area (Å²) in [6.07, 6.45) is 5.03. The van der Waals surface area contributed by atoms with Crippen molar-refractivity contribution in [2.75, 3.05) is 0 Å². The van der Waals surface area contributed by atoms with Gasteiger partial charge in [0.25, 0.3) is 0 Å². The third kappa shape index (κ3) is 1.93. The van der Waals surface area contributed by atoms with Crippen LogP contribution in [0.3, 0.4) is 0 Å². The summed E-state index contributed by atoms with van der Waals surface area (Å²) < 4.78 is 0. The lowest BCUT2D eigenvalue weighted by atomic mass is 10.3. The third-order valence-corrected chi connectivity index (χ3v) is 1.91. The van der Waals surface area contributed by atoms with Crippen molar-refractivity contribution >= 4 is 23.1 Å². The molecule has 6 nitrogen and oxygen atoms in total. The molecular weight excluding hydrogens is 192 g/mol.